The zero-order chi connectivity index (χ0) is 18.1. The normalized spacial score (nSPS) is 10.7. The van der Waals surface area contributed by atoms with Crippen molar-refractivity contribution in [3.05, 3.63) is 60.8 Å². The Kier molecular flexibility index (Phi) is 4.86. The molecule has 0 aliphatic carbocycles. The average Bonchev–Trinajstić information content (AvgIpc) is 2.96. The second kappa shape index (κ2) is 6.92. The summed E-state index contributed by atoms with van der Waals surface area (Å²) in [6.07, 6.45) is 0. The summed E-state index contributed by atoms with van der Waals surface area (Å²) >= 11 is 3.19. The smallest absolute Gasteiger partial charge is 0.305 e. The van der Waals surface area contributed by atoms with E-state index < -0.39 is 16.4 Å². The van der Waals surface area contributed by atoms with Crippen LogP contribution in [0.4, 0.5) is 21.5 Å². The van der Waals surface area contributed by atoms with Gasteiger partial charge >= 0.3 is 5.69 Å². The zero-order valence-corrected chi connectivity index (χ0v) is 15.8. The van der Waals surface area contributed by atoms with Crippen LogP contribution in [0.25, 0.3) is 11.1 Å². The van der Waals surface area contributed by atoms with E-state index in [1.807, 2.05) is 25.1 Å². The Labute approximate surface area is 159 Å². The van der Waals surface area contributed by atoms with Gasteiger partial charge in [0.25, 0.3) is 0 Å². The zero-order valence-electron chi connectivity index (χ0n) is 12.8. The van der Waals surface area contributed by atoms with Crippen LogP contribution >= 0.6 is 34.1 Å². The highest BCUT2D eigenvalue weighted by atomic mass is 127. The summed E-state index contributed by atoms with van der Waals surface area (Å²) in [6.45, 7) is 1.90. The molecule has 0 aliphatic rings. The van der Waals surface area contributed by atoms with E-state index in [2.05, 4.69) is 32.3 Å². The van der Waals surface area contributed by atoms with E-state index in [0.717, 1.165) is 38.5 Å². The molecule has 3 rings (SSSR count). The summed E-state index contributed by atoms with van der Waals surface area (Å²) in [5, 5.41) is 25.6. The first-order chi connectivity index (χ1) is 11.9. The molecule has 128 valence electrons. The van der Waals surface area contributed by atoms with Crippen molar-refractivity contribution in [3.63, 3.8) is 0 Å². The van der Waals surface area contributed by atoms with Crippen molar-refractivity contribution in [3.8, 4) is 17.0 Å². The number of aromatic nitrogens is 1. The van der Waals surface area contributed by atoms with Gasteiger partial charge in [0, 0.05) is 32.3 Å². The number of hydrogen-bond donors (Lipinski definition) is 2. The minimum Gasteiger partial charge on any atom is -0.492 e. The summed E-state index contributed by atoms with van der Waals surface area (Å²) in [7, 11) is 0. The number of rotatable bonds is 4. The van der Waals surface area contributed by atoms with E-state index in [0.29, 0.717) is 16.8 Å². The molecule has 1 heterocycles. The Hall–Kier alpha value is -2.27. The Morgan fingerprint density at radius 1 is 1.28 bits per heavy atom. The first-order valence-electron chi connectivity index (χ1n) is 7.01. The van der Waals surface area contributed by atoms with Crippen LogP contribution < -0.4 is 5.32 Å². The third-order valence-electron chi connectivity index (χ3n) is 3.58. The van der Waals surface area contributed by atoms with Gasteiger partial charge in [0.05, 0.1) is 16.2 Å². The summed E-state index contributed by atoms with van der Waals surface area (Å²) in [6, 6.07) is 7.84. The van der Waals surface area contributed by atoms with Crippen molar-refractivity contribution in [1.82, 2.24) is 4.37 Å². The van der Waals surface area contributed by atoms with Crippen molar-refractivity contribution >= 4 is 51.2 Å². The second-order valence-corrected chi connectivity index (χ2v) is 7.12. The third-order valence-corrected chi connectivity index (χ3v) is 4.87. The van der Waals surface area contributed by atoms with Gasteiger partial charge < -0.3 is 10.4 Å². The third kappa shape index (κ3) is 3.56. The van der Waals surface area contributed by atoms with Gasteiger partial charge in [-0.2, -0.15) is 8.76 Å². The molecule has 0 aliphatic heterocycles. The number of benzene rings is 2. The van der Waals surface area contributed by atoms with E-state index >= 15 is 0 Å². The number of nitro groups is 1. The number of nitrogens with zero attached hydrogens (tertiary/aromatic N) is 2. The molecule has 0 amide bonds. The van der Waals surface area contributed by atoms with Crippen LogP contribution in [0.3, 0.4) is 0 Å². The average molecular weight is 471 g/mol. The van der Waals surface area contributed by atoms with Crippen LogP contribution in [-0.4, -0.2) is 14.4 Å². The van der Waals surface area contributed by atoms with Crippen molar-refractivity contribution in [2.24, 2.45) is 0 Å². The number of aryl methyl sites for hydroxylation is 1. The maximum absolute atomic E-state index is 14.1. The van der Waals surface area contributed by atoms with Gasteiger partial charge in [-0.25, -0.2) is 0 Å². The maximum Gasteiger partial charge on any atom is 0.305 e. The largest absolute Gasteiger partial charge is 0.492 e. The van der Waals surface area contributed by atoms with E-state index in [4.69, 9.17) is 0 Å². The van der Waals surface area contributed by atoms with E-state index in [-0.39, 0.29) is 5.88 Å². The molecule has 2 N–H and O–H groups in total. The fraction of sp³-hybridized carbons (Fsp3) is 0.0625. The van der Waals surface area contributed by atoms with Gasteiger partial charge in [0.1, 0.15) is 0 Å². The molecule has 0 fully saturated rings. The molecule has 0 bridgehead atoms. The highest BCUT2D eigenvalue weighted by Gasteiger charge is 2.22. The van der Waals surface area contributed by atoms with Crippen LogP contribution in [-0.2, 0) is 0 Å². The number of anilines is 2. The first-order valence-corrected chi connectivity index (χ1v) is 8.93. The summed E-state index contributed by atoms with van der Waals surface area (Å²) < 4.78 is 19.0. The minimum atomic E-state index is -0.956. The van der Waals surface area contributed by atoms with Crippen molar-refractivity contribution in [1.29, 1.82) is 0 Å². The summed E-state index contributed by atoms with van der Waals surface area (Å²) in [5.74, 6) is -1.21. The Morgan fingerprint density at radius 2 is 2.04 bits per heavy atom. The molecule has 25 heavy (non-hydrogen) atoms. The van der Waals surface area contributed by atoms with E-state index in [1.54, 1.807) is 5.38 Å². The molecular formula is C16H11FIN3O3S. The molecule has 0 atom stereocenters. The predicted molar refractivity (Wildman–Crippen MR) is 103 cm³/mol. The number of aromatic hydroxyl groups is 1. The Bertz CT molecular complexity index is 977. The lowest BCUT2D eigenvalue weighted by molar-refractivity contribution is -0.387. The van der Waals surface area contributed by atoms with E-state index in [1.165, 1.54) is 0 Å². The molecular weight excluding hydrogens is 460 g/mol. The highest BCUT2D eigenvalue weighted by Crippen LogP contribution is 2.40. The molecule has 9 heteroatoms. The summed E-state index contributed by atoms with van der Waals surface area (Å²) in [4.78, 5) is 10.3. The molecule has 0 unspecified atom stereocenters. The fourth-order valence-electron chi connectivity index (χ4n) is 2.36. The molecule has 0 saturated carbocycles. The van der Waals surface area contributed by atoms with Crippen molar-refractivity contribution in [2.75, 3.05) is 5.32 Å². The quantitative estimate of drug-likeness (QED) is 0.310. The topological polar surface area (TPSA) is 88.3 Å². The lowest BCUT2D eigenvalue weighted by Gasteiger charge is -2.14. The standard InChI is InChI=1S/C16H11FIN3O3S/c1-8-4-9(18)2-3-13(8)19-14-6-12(17)15(21(23)24)5-10(14)11-7-25-20-16(11)22/h2-7,19H,1H3,(H,20,22). The molecule has 2 aromatic carbocycles. The van der Waals surface area contributed by atoms with Crippen LogP contribution in [0.15, 0.2) is 35.7 Å². The molecule has 0 saturated heterocycles. The molecule has 1 aromatic heterocycles. The first kappa shape index (κ1) is 17.5. The Balaban J connectivity index is 2.16. The lowest BCUT2D eigenvalue weighted by Crippen LogP contribution is -2.00. The van der Waals surface area contributed by atoms with Crippen LogP contribution in [0.5, 0.6) is 5.88 Å². The number of halogens is 2. The van der Waals surface area contributed by atoms with Gasteiger partial charge in [0.15, 0.2) is 0 Å². The second-order valence-electron chi connectivity index (χ2n) is 5.24. The number of hydrogen-bond acceptors (Lipinski definition) is 6. The van der Waals surface area contributed by atoms with Gasteiger partial charge in [0.2, 0.25) is 11.7 Å². The van der Waals surface area contributed by atoms with Crippen LogP contribution in [0, 0.1) is 26.4 Å². The Morgan fingerprint density at radius 3 is 2.64 bits per heavy atom. The van der Waals surface area contributed by atoms with Crippen LogP contribution in [0.2, 0.25) is 0 Å². The number of nitrogens with one attached hydrogen (secondary N) is 1. The fourth-order valence-corrected chi connectivity index (χ4v) is 3.59. The van der Waals surface area contributed by atoms with Gasteiger partial charge in [-0.1, -0.05) is 0 Å². The van der Waals surface area contributed by atoms with Crippen molar-refractivity contribution in [2.45, 2.75) is 6.92 Å². The van der Waals surface area contributed by atoms with Gasteiger partial charge in [-0.3, -0.25) is 10.1 Å². The number of nitro benzene ring substituents is 1. The van der Waals surface area contributed by atoms with Gasteiger partial charge in [-0.05, 0) is 64.8 Å². The maximum atomic E-state index is 14.1. The highest BCUT2D eigenvalue weighted by molar-refractivity contribution is 14.1. The molecule has 6 nitrogen and oxygen atoms in total. The monoisotopic (exact) mass is 471 g/mol. The van der Waals surface area contributed by atoms with E-state index in [9.17, 15) is 19.6 Å². The van der Waals surface area contributed by atoms with Gasteiger partial charge in [-0.15, -0.1) is 0 Å². The summed E-state index contributed by atoms with van der Waals surface area (Å²) in [5.41, 5.74) is 1.92. The minimum absolute atomic E-state index is 0.256. The predicted octanol–water partition coefficient (Wildman–Crippen LogP) is 5.22. The molecule has 0 spiro atoms. The van der Waals surface area contributed by atoms with Crippen LogP contribution in [0.1, 0.15) is 5.56 Å². The van der Waals surface area contributed by atoms with Crippen molar-refractivity contribution < 1.29 is 14.4 Å². The molecule has 3 aromatic rings. The molecule has 0 radical (unpaired) electrons. The SMILES string of the molecule is Cc1cc(I)ccc1Nc1cc(F)c([N+](=O)[O-])cc1-c1csnc1O. The lowest BCUT2D eigenvalue weighted by atomic mass is 10.0.